The number of hydrogen-bond donors (Lipinski definition) is 2. The number of halogens is 1. The van der Waals surface area contributed by atoms with E-state index in [1.165, 1.54) is 12.8 Å². The molecule has 1 fully saturated rings. The quantitative estimate of drug-likeness (QED) is 0.403. The van der Waals surface area contributed by atoms with Crippen LogP contribution in [0.3, 0.4) is 0 Å². The Hall–Kier alpha value is -2.41. The van der Waals surface area contributed by atoms with Crippen molar-refractivity contribution < 1.29 is 9.13 Å². The van der Waals surface area contributed by atoms with Gasteiger partial charge >= 0.3 is 0 Å². The maximum atomic E-state index is 14.4. The molecular weight excluding hydrogens is 345 g/mol. The van der Waals surface area contributed by atoms with Crippen molar-refractivity contribution in [1.82, 2.24) is 20.2 Å². The first-order chi connectivity index (χ1) is 13.2. The van der Waals surface area contributed by atoms with Gasteiger partial charge in [-0.25, -0.2) is 9.37 Å². The number of guanidine groups is 1. The van der Waals surface area contributed by atoms with Crippen molar-refractivity contribution in [1.29, 1.82) is 0 Å². The lowest BCUT2D eigenvalue weighted by molar-refractivity contribution is 0.123. The number of imidazole rings is 1. The summed E-state index contributed by atoms with van der Waals surface area (Å²) in [6.45, 7) is 4.80. The van der Waals surface area contributed by atoms with Crippen LogP contribution in [0, 0.1) is 18.7 Å². The minimum Gasteiger partial charge on any atom is -0.381 e. The summed E-state index contributed by atoms with van der Waals surface area (Å²) in [5.41, 5.74) is 1.35. The predicted octanol–water partition coefficient (Wildman–Crippen LogP) is 2.80. The molecule has 0 unspecified atom stereocenters. The molecule has 1 aliphatic carbocycles. The highest BCUT2D eigenvalue weighted by atomic mass is 19.1. The van der Waals surface area contributed by atoms with E-state index in [4.69, 9.17) is 4.74 Å². The Bertz CT molecular complexity index is 769. The van der Waals surface area contributed by atoms with E-state index in [2.05, 4.69) is 20.6 Å². The van der Waals surface area contributed by atoms with Crippen LogP contribution in [-0.2, 0) is 11.3 Å². The first kappa shape index (κ1) is 19.4. The second-order valence-corrected chi connectivity index (χ2v) is 6.85. The van der Waals surface area contributed by atoms with Gasteiger partial charge in [-0.3, -0.25) is 4.99 Å². The molecule has 1 saturated carbocycles. The molecule has 1 aromatic heterocycles. The van der Waals surface area contributed by atoms with Gasteiger partial charge in [-0.15, -0.1) is 0 Å². The van der Waals surface area contributed by atoms with Crippen molar-refractivity contribution >= 4 is 5.96 Å². The van der Waals surface area contributed by atoms with Crippen molar-refractivity contribution in [3.05, 3.63) is 47.8 Å². The van der Waals surface area contributed by atoms with E-state index in [0.29, 0.717) is 18.2 Å². The van der Waals surface area contributed by atoms with Crippen LogP contribution in [-0.4, -0.2) is 42.3 Å². The Morgan fingerprint density at radius 1 is 1.37 bits per heavy atom. The first-order valence-electron chi connectivity index (χ1n) is 9.48. The number of benzene rings is 1. The molecule has 0 saturated heterocycles. The number of aromatic nitrogens is 2. The van der Waals surface area contributed by atoms with Crippen molar-refractivity contribution in [2.24, 2.45) is 10.9 Å². The van der Waals surface area contributed by atoms with Gasteiger partial charge in [0.1, 0.15) is 11.6 Å². The molecule has 0 bridgehead atoms. The molecule has 0 spiro atoms. The van der Waals surface area contributed by atoms with Crippen LogP contribution >= 0.6 is 0 Å². The number of hydrogen-bond acceptors (Lipinski definition) is 3. The third-order valence-corrected chi connectivity index (χ3v) is 4.59. The normalized spacial score (nSPS) is 14.4. The van der Waals surface area contributed by atoms with Gasteiger partial charge in [-0.1, -0.05) is 6.07 Å². The summed E-state index contributed by atoms with van der Waals surface area (Å²) in [6.07, 6.45) is 6.99. The number of aliphatic imine (C=N–C) groups is 1. The van der Waals surface area contributed by atoms with E-state index in [1.54, 1.807) is 36.1 Å². The van der Waals surface area contributed by atoms with E-state index < -0.39 is 0 Å². The Morgan fingerprint density at radius 2 is 2.22 bits per heavy atom. The van der Waals surface area contributed by atoms with Crippen LogP contribution in [0.2, 0.25) is 0 Å². The molecule has 27 heavy (non-hydrogen) atoms. The summed E-state index contributed by atoms with van der Waals surface area (Å²) in [6, 6.07) is 5.22. The van der Waals surface area contributed by atoms with Gasteiger partial charge in [0.15, 0.2) is 5.96 Å². The summed E-state index contributed by atoms with van der Waals surface area (Å²) >= 11 is 0. The fourth-order valence-corrected chi connectivity index (χ4v) is 2.81. The predicted molar refractivity (Wildman–Crippen MR) is 105 cm³/mol. The molecule has 1 heterocycles. The first-order valence-corrected chi connectivity index (χ1v) is 9.48. The largest absolute Gasteiger partial charge is 0.381 e. The Balaban J connectivity index is 1.42. The maximum absolute atomic E-state index is 14.4. The highest BCUT2D eigenvalue weighted by Gasteiger charge is 2.20. The highest BCUT2D eigenvalue weighted by Crippen LogP contribution is 2.28. The zero-order chi connectivity index (χ0) is 19.1. The molecule has 0 aliphatic heterocycles. The third kappa shape index (κ3) is 5.79. The molecule has 0 atom stereocenters. The summed E-state index contributed by atoms with van der Waals surface area (Å²) in [4.78, 5) is 8.34. The third-order valence-electron chi connectivity index (χ3n) is 4.59. The zero-order valence-electron chi connectivity index (χ0n) is 16.0. The minimum absolute atomic E-state index is 0.272. The fraction of sp³-hybridized carbons (Fsp3) is 0.500. The molecule has 1 aliphatic rings. The minimum atomic E-state index is -0.272. The summed E-state index contributed by atoms with van der Waals surface area (Å²) in [7, 11) is 1.73. The lowest BCUT2D eigenvalue weighted by Crippen LogP contribution is -2.37. The highest BCUT2D eigenvalue weighted by molar-refractivity contribution is 5.79. The lowest BCUT2D eigenvalue weighted by Gasteiger charge is -2.13. The van der Waals surface area contributed by atoms with Crippen LogP contribution in [0.1, 0.15) is 30.7 Å². The molecule has 1 aromatic carbocycles. The molecule has 2 aromatic rings. The van der Waals surface area contributed by atoms with Crippen LogP contribution in [0.5, 0.6) is 0 Å². The second kappa shape index (κ2) is 9.50. The second-order valence-electron chi connectivity index (χ2n) is 6.85. The van der Waals surface area contributed by atoms with E-state index in [-0.39, 0.29) is 5.82 Å². The Labute approximate surface area is 159 Å². The van der Waals surface area contributed by atoms with Gasteiger partial charge in [0.25, 0.3) is 0 Å². The van der Waals surface area contributed by atoms with Crippen LogP contribution in [0.15, 0.2) is 35.6 Å². The number of nitrogens with zero attached hydrogens (tertiary/aromatic N) is 3. The fourth-order valence-electron chi connectivity index (χ4n) is 2.81. The molecule has 0 radical (unpaired) electrons. The Morgan fingerprint density at radius 3 is 2.89 bits per heavy atom. The van der Waals surface area contributed by atoms with Crippen LogP contribution < -0.4 is 10.6 Å². The summed E-state index contributed by atoms with van der Waals surface area (Å²) in [5.74, 6) is 1.99. The molecule has 6 nitrogen and oxygen atoms in total. The van der Waals surface area contributed by atoms with Crippen molar-refractivity contribution in [3.8, 4) is 5.69 Å². The average molecular weight is 373 g/mol. The van der Waals surface area contributed by atoms with Gasteiger partial charge in [-0.2, -0.15) is 0 Å². The smallest absolute Gasteiger partial charge is 0.191 e. The number of aryl methyl sites for hydroxylation is 1. The molecule has 146 valence electrons. The van der Waals surface area contributed by atoms with E-state index in [1.807, 2.05) is 13.0 Å². The molecular formula is C20H28FN5O. The Kier molecular flexibility index (Phi) is 6.81. The molecule has 0 amide bonds. The van der Waals surface area contributed by atoms with Crippen LogP contribution in [0.4, 0.5) is 4.39 Å². The number of nitrogens with one attached hydrogen (secondary N) is 2. The van der Waals surface area contributed by atoms with Crippen molar-refractivity contribution in [2.45, 2.75) is 32.7 Å². The van der Waals surface area contributed by atoms with E-state index in [9.17, 15) is 4.39 Å². The lowest BCUT2D eigenvalue weighted by atomic mass is 10.2. The van der Waals surface area contributed by atoms with Gasteiger partial charge in [-0.05, 0) is 49.8 Å². The number of ether oxygens (including phenoxy) is 1. The van der Waals surface area contributed by atoms with Gasteiger partial charge < -0.3 is 19.9 Å². The molecule has 7 heteroatoms. The molecule has 2 N–H and O–H groups in total. The van der Waals surface area contributed by atoms with Gasteiger partial charge in [0, 0.05) is 45.7 Å². The number of rotatable bonds is 9. The van der Waals surface area contributed by atoms with Crippen molar-refractivity contribution in [2.75, 3.05) is 26.8 Å². The standard InChI is InChI=1S/C20H28FN5O/c1-15-23-9-10-26(15)19-7-6-17(12-18(19)21)13-25-20(22-2)24-8-3-11-27-14-16-4-5-16/h6-7,9-10,12,16H,3-5,8,11,13-14H2,1-2H3,(H2,22,24,25). The topological polar surface area (TPSA) is 63.5 Å². The SMILES string of the molecule is CN=C(NCCCOCC1CC1)NCc1ccc(-n2ccnc2C)c(F)c1. The zero-order valence-corrected chi connectivity index (χ0v) is 16.0. The summed E-state index contributed by atoms with van der Waals surface area (Å²) < 4.78 is 21.8. The maximum Gasteiger partial charge on any atom is 0.191 e. The monoisotopic (exact) mass is 373 g/mol. The van der Waals surface area contributed by atoms with Crippen molar-refractivity contribution in [3.63, 3.8) is 0 Å². The van der Waals surface area contributed by atoms with E-state index in [0.717, 1.165) is 43.5 Å². The molecule has 3 rings (SSSR count). The average Bonchev–Trinajstić information content (AvgIpc) is 3.40. The summed E-state index contributed by atoms with van der Waals surface area (Å²) in [5, 5.41) is 6.46. The van der Waals surface area contributed by atoms with E-state index >= 15 is 0 Å². The van der Waals surface area contributed by atoms with Gasteiger partial charge in [0.05, 0.1) is 5.69 Å². The van der Waals surface area contributed by atoms with Gasteiger partial charge in [0.2, 0.25) is 0 Å². The van der Waals surface area contributed by atoms with Crippen LogP contribution in [0.25, 0.3) is 5.69 Å².